The van der Waals surface area contributed by atoms with E-state index in [4.69, 9.17) is 14.2 Å². The van der Waals surface area contributed by atoms with E-state index in [1.165, 1.54) is 16.7 Å². The van der Waals surface area contributed by atoms with Crippen molar-refractivity contribution in [1.29, 1.82) is 0 Å². The summed E-state index contributed by atoms with van der Waals surface area (Å²) in [5, 5.41) is 0. The Morgan fingerprint density at radius 2 is 0.743 bits per heavy atom. The molecule has 0 saturated carbocycles. The van der Waals surface area contributed by atoms with Crippen LogP contribution in [0.25, 0.3) is 0 Å². The van der Waals surface area contributed by atoms with Crippen LogP contribution >= 0.6 is 7.92 Å². The van der Waals surface area contributed by atoms with Crippen molar-refractivity contribution in [3.63, 3.8) is 0 Å². The lowest BCUT2D eigenvalue weighted by Crippen LogP contribution is -2.27. The number of rotatable bonds is 15. The van der Waals surface area contributed by atoms with Crippen LogP contribution in [0, 0.1) is 0 Å². The third kappa shape index (κ3) is 10.7. The maximum absolute atomic E-state index is 6.14. The molecule has 3 rings (SSSR count). The molecule has 0 spiro atoms. The average Bonchev–Trinajstić information content (AvgIpc) is 2.86. The molecule has 0 heterocycles. The summed E-state index contributed by atoms with van der Waals surface area (Å²) in [7, 11) is -0.361. The molecule has 0 N–H and O–H groups in total. The molecule has 3 aromatic rings. The molecule has 0 saturated heterocycles. The van der Waals surface area contributed by atoms with Gasteiger partial charge in [0.1, 0.15) is 0 Å². The van der Waals surface area contributed by atoms with E-state index >= 15 is 0 Å². The van der Waals surface area contributed by atoms with Crippen LogP contribution in [0.5, 0.6) is 0 Å². The predicted molar refractivity (Wildman–Crippen MR) is 154 cm³/mol. The SMILES string of the molecule is B.C[C@H](COCc1ccccc1)P([C@H](C)COCc1ccccc1)[C@H](C)COCc1ccccc1. The first-order chi connectivity index (χ1) is 16.6. The van der Waals surface area contributed by atoms with E-state index in [0.717, 1.165) is 19.8 Å². The van der Waals surface area contributed by atoms with Crippen molar-refractivity contribution in [2.45, 2.75) is 57.6 Å². The zero-order chi connectivity index (χ0) is 24.0. The lowest BCUT2D eigenvalue weighted by atomic mass is 10.2. The first-order valence-electron chi connectivity index (χ1n) is 12.3. The standard InChI is InChI=1S/C30H39O3P.BH3/c1-25(19-31-22-28-13-7-4-8-14-28)34(26(2)20-32-23-29-15-9-5-10-16-29)27(3)21-33-24-30-17-11-6-12-18-30;/h4-18,25-27H,19-24H2,1-3H3;1H3/t25-,26-,27-;/m1./s1. The van der Waals surface area contributed by atoms with E-state index in [0.29, 0.717) is 36.8 Å². The van der Waals surface area contributed by atoms with Gasteiger partial charge in [0, 0.05) is 17.0 Å². The van der Waals surface area contributed by atoms with E-state index in [-0.39, 0.29) is 16.3 Å². The summed E-state index contributed by atoms with van der Waals surface area (Å²) >= 11 is 0. The van der Waals surface area contributed by atoms with Crippen molar-refractivity contribution in [1.82, 2.24) is 0 Å². The van der Waals surface area contributed by atoms with E-state index < -0.39 is 0 Å². The molecule has 3 aromatic carbocycles. The van der Waals surface area contributed by atoms with Gasteiger partial charge in [-0.25, -0.2) is 0 Å². The lowest BCUT2D eigenvalue weighted by molar-refractivity contribution is 0.113. The minimum atomic E-state index is -0.361. The van der Waals surface area contributed by atoms with Crippen LogP contribution in [0.1, 0.15) is 37.5 Å². The predicted octanol–water partition coefficient (Wildman–Crippen LogP) is 6.10. The summed E-state index contributed by atoms with van der Waals surface area (Å²) in [6, 6.07) is 31.2. The van der Waals surface area contributed by atoms with Gasteiger partial charge in [0.05, 0.1) is 48.1 Å². The van der Waals surface area contributed by atoms with Gasteiger partial charge in [0.25, 0.3) is 0 Å². The lowest BCUT2D eigenvalue weighted by Gasteiger charge is -2.35. The van der Waals surface area contributed by atoms with Crippen molar-refractivity contribution < 1.29 is 14.2 Å². The minimum absolute atomic E-state index is 0. The summed E-state index contributed by atoms with van der Waals surface area (Å²) < 4.78 is 18.4. The van der Waals surface area contributed by atoms with Crippen LogP contribution in [-0.4, -0.2) is 45.2 Å². The number of hydrogen-bond donors (Lipinski definition) is 0. The normalized spacial score (nSPS) is 13.7. The molecule has 0 aliphatic rings. The maximum atomic E-state index is 6.14. The second-order valence-electron chi connectivity index (χ2n) is 9.00. The van der Waals surface area contributed by atoms with E-state index in [1.54, 1.807) is 0 Å². The van der Waals surface area contributed by atoms with Gasteiger partial charge in [-0.15, -0.1) is 0 Å². The van der Waals surface area contributed by atoms with Crippen LogP contribution in [0.4, 0.5) is 0 Å². The molecule has 35 heavy (non-hydrogen) atoms. The molecule has 0 fully saturated rings. The Morgan fingerprint density at radius 3 is 1.00 bits per heavy atom. The third-order valence-corrected chi connectivity index (χ3v) is 9.44. The summed E-state index contributed by atoms with van der Waals surface area (Å²) in [4.78, 5) is 0. The molecule has 3 atom stereocenters. The first-order valence-corrected chi connectivity index (χ1v) is 13.8. The molecular formula is C30H42BO3P. The van der Waals surface area contributed by atoms with Gasteiger partial charge in [-0.05, 0) is 16.7 Å². The Labute approximate surface area is 215 Å². The van der Waals surface area contributed by atoms with E-state index in [9.17, 15) is 0 Å². The fraction of sp³-hybridized carbons (Fsp3) is 0.400. The summed E-state index contributed by atoms with van der Waals surface area (Å²) in [6.45, 7) is 11.2. The average molecular weight is 492 g/mol. The molecule has 0 radical (unpaired) electrons. The Bertz CT molecular complexity index is 788. The molecule has 0 unspecified atom stereocenters. The number of hydrogen-bond acceptors (Lipinski definition) is 3. The molecule has 188 valence electrons. The second kappa shape index (κ2) is 16.7. The molecule has 0 aliphatic heterocycles. The van der Waals surface area contributed by atoms with Crippen LogP contribution < -0.4 is 0 Å². The Hall–Kier alpha value is -1.97. The number of ether oxygens (including phenoxy) is 3. The highest BCUT2D eigenvalue weighted by atomic mass is 31.1. The Balaban J connectivity index is 0.00000432. The molecule has 0 aliphatic carbocycles. The van der Waals surface area contributed by atoms with Crippen LogP contribution in [0.15, 0.2) is 91.0 Å². The van der Waals surface area contributed by atoms with Gasteiger partial charge in [-0.1, -0.05) is 120 Å². The quantitative estimate of drug-likeness (QED) is 0.190. The van der Waals surface area contributed by atoms with Crippen molar-refractivity contribution in [2.75, 3.05) is 19.8 Å². The third-order valence-electron chi connectivity index (χ3n) is 5.94. The summed E-state index contributed by atoms with van der Waals surface area (Å²) in [6.07, 6.45) is 0. The maximum Gasteiger partial charge on any atom is 0.0814 e. The second-order valence-corrected chi connectivity index (χ2v) is 12.5. The van der Waals surface area contributed by atoms with Gasteiger partial charge in [0.2, 0.25) is 0 Å². The molecule has 3 nitrogen and oxygen atoms in total. The molecule has 0 aromatic heterocycles. The molecule has 0 bridgehead atoms. The Kier molecular flexibility index (Phi) is 13.9. The van der Waals surface area contributed by atoms with Gasteiger partial charge in [-0.3, -0.25) is 0 Å². The van der Waals surface area contributed by atoms with Crippen LogP contribution in [0.3, 0.4) is 0 Å². The van der Waals surface area contributed by atoms with Gasteiger partial charge < -0.3 is 14.2 Å². The van der Waals surface area contributed by atoms with Gasteiger partial charge in [0.15, 0.2) is 0 Å². The zero-order valence-corrected chi connectivity index (χ0v) is 21.7. The molecular weight excluding hydrogens is 450 g/mol. The van der Waals surface area contributed by atoms with Crippen molar-refractivity contribution in [3.05, 3.63) is 108 Å². The van der Waals surface area contributed by atoms with Crippen LogP contribution in [-0.2, 0) is 34.0 Å². The summed E-state index contributed by atoms with van der Waals surface area (Å²) in [5.74, 6) is 0. The topological polar surface area (TPSA) is 27.7 Å². The minimum Gasteiger partial charge on any atom is -0.376 e. The highest BCUT2D eigenvalue weighted by Gasteiger charge is 2.29. The highest BCUT2D eigenvalue weighted by molar-refractivity contribution is 7.59. The fourth-order valence-electron chi connectivity index (χ4n) is 4.33. The number of benzene rings is 3. The monoisotopic (exact) mass is 492 g/mol. The zero-order valence-electron chi connectivity index (χ0n) is 20.8. The first kappa shape index (κ1) is 29.3. The smallest absolute Gasteiger partial charge is 0.0814 e. The largest absolute Gasteiger partial charge is 0.376 e. The van der Waals surface area contributed by atoms with Crippen molar-refractivity contribution in [3.8, 4) is 0 Å². The van der Waals surface area contributed by atoms with Crippen LogP contribution in [0.2, 0.25) is 0 Å². The molecule has 0 amide bonds. The van der Waals surface area contributed by atoms with Crippen molar-refractivity contribution in [2.24, 2.45) is 0 Å². The molecule has 5 heteroatoms. The Morgan fingerprint density at radius 1 is 0.486 bits per heavy atom. The van der Waals surface area contributed by atoms with Gasteiger partial charge in [-0.2, -0.15) is 0 Å². The van der Waals surface area contributed by atoms with Crippen molar-refractivity contribution >= 4 is 16.3 Å². The fourth-order valence-corrected chi connectivity index (χ4v) is 7.77. The van der Waals surface area contributed by atoms with E-state index in [2.05, 4.69) is 93.6 Å². The highest BCUT2D eigenvalue weighted by Crippen LogP contribution is 2.51. The summed E-state index contributed by atoms with van der Waals surface area (Å²) in [5.41, 5.74) is 5.05. The van der Waals surface area contributed by atoms with Gasteiger partial charge >= 0.3 is 0 Å². The van der Waals surface area contributed by atoms with E-state index in [1.807, 2.05) is 18.2 Å².